The summed E-state index contributed by atoms with van der Waals surface area (Å²) in [6.07, 6.45) is 5.94. The molecule has 0 spiro atoms. The van der Waals surface area contributed by atoms with E-state index in [0.717, 1.165) is 24.1 Å². The summed E-state index contributed by atoms with van der Waals surface area (Å²) in [5, 5.41) is 2.92. The zero-order valence-corrected chi connectivity index (χ0v) is 17.7. The van der Waals surface area contributed by atoms with Gasteiger partial charge in [0.15, 0.2) is 11.5 Å². The average molecular weight is 412 g/mol. The van der Waals surface area contributed by atoms with Crippen molar-refractivity contribution in [3.05, 3.63) is 47.5 Å². The number of carbonyl (C=O) groups is 2. The highest BCUT2D eigenvalue weighted by Crippen LogP contribution is 2.28. The van der Waals surface area contributed by atoms with E-state index in [1.54, 1.807) is 25.3 Å². The maximum Gasteiger partial charge on any atom is 0.274 e. The molecule has 1 fully saturated rings. The van der Waals surface area contributed by atoms with Crippen LogP contribution in [0.25, 0.3) is 0 Å². The number of ether oxygens (including phenoxy) is 2. The Hall–Kier alpha value is -3.16. The van der Waals surface area contributed by atoms with Gasteiger partial charge in [0.05, 0.1) is 26.1 Å². The number of aryl methyl sites for hydroxylation is 1. The van der Waals surface area contributed by atoms with Gasteiger partial charge in [0.2, 0.25) is 5.91 Å². The van der Waals surface area contributed by atoms with Gasteiger partial charge in [-0.2, -0.15) is 0 Å². The van der Waals surface area contributed by atoms with Crippen molar-refractivity contribution in [2.45, 2.75) is 38.6 Å². The number of amides is 2. The van der Waals surface area contributed by atoms with E-state index < -0.39 is 0 Å². The summed E-state index contributed by atoms with van der Waals surface area (Å²) < 4.78 is 10.5. The first-order valence-corrected chi connectivity index (χ1v) is 10.1. The number of benzene rings is 1. The van der Waals surface area contributed by atoms with Crippen LogP contribution in [0, 0.1) is 6.92 Å². The maximum absolute atomic E-state index is 12.7. The molecule has 2 amide bonds. The van der Waals surface area contributed by atoms with Crippen LogP contribution in [-0.2, 0) is 11.2 Å². The normalized spacial score (nSPS) is 12.9. The molecule has 2 aromatic rings. The van der Waals surface area contributed by atoms with E-state index in [1.807, 2.05) is 25.1 Å². The van der Waals surface area contributed by atoms with Crippen molar-refractivity contribution >= 4 is 11.8 Å². The number of nitrogens with one attached hydrogen (secondary N) is 1. The molecular weight excluding hydrogens is 384 g/mol. The van der Waals surface area contributed by atoms with Gasteiger partial charge in [0, 0.05) is 31.7 Å². The van der Waals surface area contributed by atoms with Crippen LogP contribution in [0.2, 0.25) is 0 Å². The van der Waals surface area contributed by atoms with Crippen molar-refractivity contribution in [1.29, 1.82) is 0 Å². The van der Waals surface area contributed by atoms with E-state index in [4.69, 9.17) is 9.47 Å². The lowest BCUT2D eigenvalue weighted by Gasteiger charge is -2.21. The Morgan fingerprint density at radius 1 is 1.13 bits per heavy atom. The predicted octanol–water partition coefficient (Wildman–Crippen LogP) is 2.16. The molecule has 1 N–H and O–H groups in total. The minimum Gasteiger partial charge on any atom is -0.493 e. The number of methoxy groups -OCH3 is 2. The molecule has 0 bridgehead atoms. The van der Waals surface area contributed by atoms with Crippen LogP contribution in [-0.4, -0.2) is 60.0 Å². The molecule has 1 aliphatic rings. The lowest BCUT2D eigenvalue weighted by molar-refractivity contribution is -0.121. The van der Waals surface area contributed by atoms with E-state index >= 15 is 0 Å². The fraction of sp³-hybridized carbons (Fsp3) is 0.455. The second-order valence-corrected chi connectivity index (χ2v) is 7.31. The summed E-state index contributed by atoms with van der Waals surface area (Å²) in [5.41, 5.74) is 2.13. The molecule has 160 valence electrons. The van der Waals surface area contributed by atoms with Crippen LogP contribution in [0.3, 0.4) is 0 Å². The van der Waals surface area contributed by atoms with Crippen LogP contribution < -0.4 is 14.8 Å². The summed E-state index contributed by atoms with van der Waals surface area (Å²) in [6, 6.07) is 5.90. The maximum atomic E-state index is 12.7. The molecule has 0 saturated heterocycles. The second-order valence-electron chi connectivity index (χ2n) is 7.31. The molecule has 1 aromatic heterocycles. The molecule has 0 radical (unpaired) electrons. The van der Waals surface area contributed by atoms with Crippen LogP contribution in [0.1, 0.15) is 41.0 Å². The Morgan fingerprint density at radius 2 is 1.90 bits per heavy atom. The number of hydrogen-bond acceptors (Lipinski definition) is 6. The Labute approximate surface area is 176 Å². The highest BCUT2D eigenvalue weighted by atomic mass is 16.5. The number of hydrogen-bond donors (Lipinski definition) is 1. The third kappa shape index (κ3) is 5.68. The minimum atomic E-state index is -0.164. The largest absolute Gasteiger partial charge is 0.493 e. The van der Waals surface area contributed by atoms with Gasteiger partial charge in [-0.25, -0.2) is 4.98 Å². The molecule has 1 heterocycles. The SMILES string of the molecule is COc1ccc(CCNC(=O)CCN(C(=O)c2cnc(C)cn2)C2CC2)cc1OC. The molecule has 1 aromatic carbocycles. The molecule has 1 aliphatic carbocycles. The molecule has 3 rings (SSSR count). The second kappa shape index (κ2) is 10.0. The van der Waals surface area contributed by atoms with Gasteiger partial charge in [-0.15, -0.1) is 0 Å². The third-order valence-corrected chi connectivity index (χ3v) is 5.01. The molecule has 8 nitrogen and oxygen atoms in total. The fourth-order valence-electron chi connectivity index (χ4n) is 3.18. The highest BCUT2D eigenvalue weighted by molar-refractivity contribution is 5.92. The number of rotatable bonds is 10. The minimum absolute atomic E-state index is 0.0797. The smallest absolute Gasteiger partial charge is 0.274 e. The Kier molecular flexibility index (Phi) is 7.21. The lowest BCUT2D eigenvalue weighted by atomic mass is 10.1. The van der Waals surface area contributed by atoms with E-state index in [1.165, 1.54) is 6.20 Å². The first-order valence-electron chi connectivity index (χ1n) is 10.1. The van der Waals surface area contributed by atoms with Crippen LogP contribution in [0.5, 0.6) is 11.5 Å². The molecule has 0 aliphatic heterocycles. The molecule has 0 unspecified atom stereocenters. The van der Waals surface area contributed by atoms with E-state index in [0.29, 0.717) is 36.7 Å². The van der Waals surface area contributed by atoms with Gasteiger partial charge in [-0.05, 0) is 43.9 Å². The average Bonchev–Trinajstić information content (AvgIpc) is 3.59. The molecule has 0 atom stereocenters. The molecule has 30 heavy (non-hydrogen) atoms. The lowest BCUT2D eigenvalue weighted by Crippen LogP contribution is -2.37. The van der Waals surface area contributed by atoms with Gasteiger partial charge < -0.3 is 19.7 Å². The topological polar surface area (TPSA) is 93.7 Å². The standard InChI is InChI=1S/C22H28N4O4/c1-15-13-25-18(14-24-15)22(28)26(17-5-6-17)11-9-21(27)23-10-8-16-4-7-19(29-2)20(12-16)30-3/h4,7,12-14,17H,5-6,8-11H2,1-3H3,(H,23,27). The summed E-state index contributed by atoms with van der Waals surface area (Å²) >= 11 is 0. The van der Waals surface area contributed by atoms with E-state index in [9.17, 15) is 9.59 Å². The van der Waals surface area contributed by atoms with Crippen LogP contribution in [0.15, 0.2) is 30.6 Å². The zero-order valence-electron chi connectivity index (χ0n) is 17.7. The number of aromatic nitrogens is 2. The van der Waals surface area contributed by atoms with Crippen molar-refractivity contribution in [2.75, 3.05) is 27.3 Å². The summed E-state index contributed by atoms with van der Waals surface area (Å²) in [5.74, 6) is 1.10. The van der Waals surface area contributed by atoms with Crippen LogP contribution >= 0.6 is 0 Å². The van der Waals surface area contributed by atoms with Gasteiger partial charge in [0.25, 0.3) is 5.91 Å². The summed E-state index contributed by atoms with van der Waals surface area (Å²) in [7, 11) is 3.19. The first-order chi connectivity index (χ1) is 14.5. The van der Waals surface area contributed by atoms with Crippen LogP contribution in [0.4, 0.5) is 0 Å². The molecular formula is C22H28N4O4. The van der Waals surface area contributed by atoms with E-state index in [2.05, 4.69) is 15.3 Å². The van der Waals surface area contributed by atoms with Gasteiger partial charge >= 0.3 is 0 Å². The summed E-state index contributed by atoms with van der Waals surface area (Å²) in [4.78, 5) is 35.1. The zero-order chi connectivity index (χ0) is 21.5. The number of nitrogens with zero attached hydrogens (tertiary/aromatic N) is 3. The predicted molar refractivity (Wildman–Crippen MR) is 112 cm³/mol. The monoisotopic (exact) mass is 412 g/mol. The Balaban J connectivity index is 1.47. The van der Waals surface area contributed by atoms with E-state index in [-0.39, 0.29) is 24.3 Å². The van der Waals surface area contributed by atoms with Crippen molar-refractivity contribution in [3.63, 3.8) is 0 Å². The highest BCUT2D eigenvalue weighted by Gasteiger charge is 2.33. The molecule has 1 saturated carbocycles. The fourth-order valence-corrected chi connectivity index (χ4v) is 3.18. The van der Waals surface area contributed by atoms with Gasteiger partial charge in [0.1, 0.15) is 5.69 Å². The van der Waals surface area contributed by atoms with Crippen molar-refractivity contribution in [2.24, 2.45) is 0 Å². The van der Waals surface area contributed by atoms with Crippen molar-refractivity contribution in [3.8, 4) is 11.5 Å². The number of carbonyl (C=O) groups excluding carboxylic acids is 2. The van der Waals surface area contributed by atoms with Crippen molar-refractivity contribution < 1.29 is 19.1 Å². The summed E-state index contributed by atoms with van der Waals surface area (Å²) in [6.45, 7) is 2.71. The molecule has 8 heteroatoms. The van der Waals surface area contributed by atoms with Gasteiger partial charge in [-0.1, -0.05) is 6.07 Å². The van der Waals surface area contributed by atoms with Crippen molar-refractivity contribution in [1.82, 2.24) is 20.2 Å². The Bertz CT molecular complexity index is 881. The quantitative estimate of drug-likeness (QED) is 0.643. The Morgan fingerprint density at radius 3 is 2.53 bits per heavy atom. The van der Waals surface area contributed by atoms with Gasteiger partial charge in [-0.3, -0.25) is 14.6 Å². The first kappa shape index (κ1) is 21.5. The third-order valence-electron chi connectivity index (χ3n) is 5.01.